The van der Waals surface area contributed by atoms with E-state index in [9.17, 15) is 17.3 Å². The summed E-state index contributed by atoms with van der Waals surface area (Å²) in [5.74, 6) is 0. The lowest BCUT2D eigenvalue weighted by Crippen LogP contribution is -2.14. The Balaban J connectivity index is 0. The van der Waals surface area contributed by atoms with Crippen LogP contribution in [0.5, 0.6) is 0 Å². The van der Waals surface area contributed by atoms with E-state index >= 15 is 0 Å². The molecule has 0 heterocycles. The molecular weight excluding hydrogens is 211 g/mol. The van der Waals surface area contributed by atoms with Gasteiger partial charge in [0.15, 0.2) is 19.8 Å². The molecule has 0 radical (unpaired) electrons. The van der Waals surface area contributed by atoms with Gasteiger partial charge in [0.25, 0.3) is 0 Å². The summed E-state index contributed by atoms with van der Waals surface area (Å²) in [6.45, 7) is 13.4. The predicted octanol–water partition coefficient (Wildman–Crippen LogP) is 3.40. The van der Waals surface area contributed by atoms with Crippen LogP contribution in [0.25, 0.3) is 0 Å². The van der Waals surface area contributed by atoms with E-state index in [1.54, 1.807) is 0 Å². The van der Waals surface area contributed by atoms with Crippen molar-refractivity contribution in [3.8, 4) is 0 Å². The molecule has 15 heavy (non-hydrogen) atoms. The Morgan fingerprint density at radius 1 is 0.800 bits per heavy atom. The van der Waals surface area contributed by atoms with Crippen LogP contribution >= 0.6 is 0 Å². The molecule has 0 saturated heterocycles. The highest BCUT2D eigenvalue weighted by Gasteiger charge is 2.20. The van der Waals surface area contributed by atoms with Crippen molar-refractivity contribution in [1.82, 2.24) is 0 Å². The molecule has 0 aliphatic heterocycles. The summed E-state index contributed by atoms with van der Waals surface area (Å²) in [4.78, 5) is 0. The maximum absolute atomic E-state index is 9.75. The minimum Gasteiger partial charge on any atom is -0.418 e. The summed E-state index contributed by atoms with van der Waals surface area (Å²) >= 11 is 0. The van der Waals surface area contributed by atoms with Gasteiger partial charge in [0, 0.05) is 0 Å². The molecule has 0 aromatic rings. The maximum Gasteiger partial charge on any atom is 0.673 e. The van der Waals surface area contributed by atoms with Gasteiger partial charge < -0.3 is 21.6 Å². The molecule has 0 fully saturated rings. The molecule has 0 aromatic heterocycles. The first-order chi connectivity index (χ1) is 6.85. The molecule has 0 rings (SSSR count). The lowest BCUT2D eigenvalue weighted by molar-refractivity contribution is -0.0889. The van der Waals surface area contributed by atoms with E-state index in [4.69, 9.17) is 0 Å². The third-order valence-electron chi connectivity index (χ3n) is 1.06. The van der Waals surface area contributed by atoms with Gasteiger partial charge in [0.05, 0.1) is 0 Å². The van der Waals surface area contributed by atoms with E-state index in [1.807, 2.05) is 18.2 Å². The van der Waals surface area contributed by atoms with E-state index in [2.05, 4.69) is 24.1 Å². The smallest absolute Gasteiger partial charge is 0.418 e. The van der Waals surface area contributed by atoms with Crippen LogP contribution in [0.2, 0.25) is 0 Å². The summed E-state index contributed by atoms with van der Waals surface area (Å²) in [7, 11) is -6.00. The van der Waals surface area contributed by atoms with Gasteiger partial charge in [0.1, 0.15) is 0 Å². The molecule has 0 aromatic carbocycles. The van der Waals surface area contributed by atoms with Gasteiger partial charge in [-0.3, -0.25) is 0 Å². The second kappa shape index (κ2) is 9.52. The lowest BCUT2D eigenvalue weighted by Gasteiger charge is -2.12. The Bertz CT molecular complexity index is 161. The molecule has 0 unspecified atom stereocenters. The van der Waals surface area contributed by atoms with Gasteiger partial charge in [-0.05, 0) is 18.2 Å². The quantitative estimate of drug-likeness (QED) is 0.282. The number of hydrogen-bond acceptors (Lipinski definition) is 0. The molecule has 0 spiro atoms. The van der Waals surface area contributed by atoms with Crippen LogP contribution in [0.15, 0.2) is 38.0 Å². The van der Waals surface area contributed by atoms with E-state index in [1.165, 1.54) is 0 Å². The first kappa shape index (κ1) is 16.4. The van der Waals surface area contributed by atoms with Crippen molar-refractivity contribution in [2.45, 2.75) is 0 Å². The fraction of sp³-hybridized carbons (Fsp3) is 0.333. The highest BCUT2D eigenvalue weighted by atomic mass is 19.5. The van der Waals surface area contributed by atoms with Gasteiger partial charge in [0.2, 0.25) is 0 Å². The first-order valence-corrected chi connectivity index (χ1v) is 4.19. The summed E-state index contributed by atoms with van der Waals surface area (Å²) in [5, 5.41) is 0. The van der Waals surface area contributed by atoms with Crippen LogP contribution in [0.1, 0.15) is 0 Å². The van der Waals surface area contributed by atoms with Crippen molar-refractivity contribution in [2.24, 2.45) is 0 Å². The third-order valence-corrected chi connectivity index (χ3v) is 1.06. The summed E-state index contributed by atoms with van der Waals surface area (Å²) in [5.41, 5.74) is 0. The fourth-order valence-corrected chi connectivity index (χ4v) is 0.704. The lowest BCUT2D eigenvalue weighted by atomic mass is 10.3. The van der Waals surface area contributed by atoms with E-state index in [-0.39, 0.29) is 0 Å². The average Bonchev–Trinajstić information content (AvgIpc) is 2.02. The molecule has 0 aliphatic rings. The van der Waals surface area contributed by atoms with Gasteiger partial charge in [-0.2, -0.15) is 0 Å². The maximum atomic E-state index is 9.75. The number of rotatable bonds is 6. The molecule has 0 atom stereocenters. The van der Waals surface area contributed by atoms with Crippen LogP contribution in [0.4, 0.5) is 17.3 Å². The van der Waals surface area contributed by atoms with E-state index in [0.29, 0.717) is 0 Å². The minimum atomic E-state index is -6.00. The van der Waals surface area contributed by atoms with Gasteiger partial charge >= 0.3 is 7.25 Å². The van der Waals surface area contributed by atoms with Crippen LogP contribution in [0.3, 0.4) is 0 Å². The third kappa shape index (κ3) is 24.6. The van der Waals surface area contributed by atoms with Crippen molar-refractivity contribution < 1.29 is 21.6 Å². The molecule has 0 amide bonds. The zero-order chi connectivity index (χ0) is 12.3. The predicted molar refractivity (Wildman–Crippen MR) is 56.5 cm³/mol. The highest BCUT2D eigenvalue weighted by molar-refractivity contribution is 6.50. The Kier molecular flexibility index (Phi) is 10.4. The van der Waals surface area contributed by atoms with Crippen LogP contribution in [-0.4, -0.2) is 27.1 Å². The first-order valence-electron chi connectivity index (χ1n) is 4.19. The summed E-state index contributed by atoms with van der Waals surface area (Å²) < 4.78 is 41.9. The molecule has 0 bridgehead atoms. The second-order valence-corrected chi connectivity index (χ2v) is 2.47. The summed E-state index contributed by atoms with van der Waals surface area (Å²) in [6.07, 6.45) is 5.53. The van der Waals surface area contributed by atoms with Gasteiger partial charge in [-0.1, -0.05) is 19.7 Å². The number of halogens is 4. The second-order valence-electron chi connectivity index (χ2n) is 2.47. The monoisotopic (exact) mass is 226 g/mol. The van der Waals surface area contributed by atoms with Gasteiger partial charge in [-0.25, -0.2) is 0 Å². The van der Waals surface area contributed by atoms with Crippen molar-refractivity contribution in [3.63, 3.8) is 0 Å². The molecule has 0 saturated carbocycles. The SMILES string of the molecule is C=CC[O+](CC=C)CC=C.F[B-](F)(F)F. The molecule has 1 nitrogen and oxygen atoms in total. The molecule has 0 aliphatic carbocycles. The fourth-order valence-electron chi connectivity index (χ4n) is 0.704. The molecule has 6 heteroatoms. The van der Waals surface area contributed by atoms with Crippen molar-refractivity contribution in [2.75, 3.05) is 19.8 Å². The van der Waals surface area contributed by atoms with Crippen LogP contribution < -0.4 is 0 Å². The van der Waals surface area contributed by atoms with Crippen molar-refractivity contribution >= 4 is 7.25 Å². The Morgan fingerprint density at radius 3 is 1.13 bits per heavy atom. The van der Waals surface area contributed by atoms with Crippen LogP contribution in [0, 0.1) is 0 Å². The van der Waals surface area contributed by atoms with Crippen LogP contribution in [-0.2, 0) is 4.37 Å². The largest absolute Gasteiger partial charge is 0.673 e. The molecule has 88 valence electrons. The standard InChI is InChI=1S/C9H15O.BF4/c1-4-7-10(8-5-2)9-6-3;2-1(3,4)5/h4-6H,1-3,7-9H2;/q+1;-1. The normalized spacial score (nSPS) is 10.2. The van der Waals surface area contributed by atoms with E-state index in [0.717, 1.165) is 19.8 Å². The Hall–Kier alpha value is -1.04. The van der Waals surface area contributed by atoms with Gasteiger partial charge in [-0.15, -0.1) is 0 Å². The van der Waals surface area contributed by atoms with E-state index < -0.39 is 7.25 Å². The summed E-state index contributed by atoms with van der Waals surface area (Å²) in [6, 6.07) is 0. The van der Waals surface area contributed by atoms with Crippen molar-refractivity contribution in [1.29, 1.82) is 0 Å². The topological polar surface area (TPSA) is 2.70 Å². The van der Waals surface area contributed by atoms with Crippen molar-refractivity contribution in [3.05, 3.63) is 38.0 Å². The Morgan fingerprint density at radius 2 is 1.00 bits per heavy atom. The average molecular weight is 226 g/mol. The molecule has 0 N–H and O–H groups in total. The zero-order valence-electron chi connectivity index (χ0n) is 8.47. The molecular formula is C9H15BF4O. The minimum absolute atomic E-state index is 0.817. The Labute approximate surface area is 87.5 Å². The highest BCUT2D eigenvalue weighted by Crippen LogP contribution is 2.06. The number of hydrogen-bond donors (Lipinski definition) is 0. The zero-order valence-corrected chi connectivity index (χ0v) is 8.47.